The lowest BCUT2D eigenvalue weighted by atomic mass is 10.1. The number of benzene rings is 2. The van der Waals surface area contributed by atoms with Crippen LogP contribution in [0.1, 0.15) is 32.7 Å². The van der Waals surface area contributed by atoms with Crippen molar-refractivity contribution in [1.82, 2.24) is 10.6 Å². The van der Waals surface area contributed by atoms with Crippen molar-refractivity contribution in [3.63, 3.8) is 0 Å². The van der Waals surface area contributed by atoms with E-state index in [-0.39, 0.29) is 30.1 Å². The molecule has 0 aliphatic rings. The third kappa shape index (κ3) is 7.28. The maximum absolute atomic E-state index is 12.3. The summed E-state index contributed by atoms with van der Waals surface area (Å²) in [4.78, 5) is 36.1. The maximum atomic E-state index is 12.3. The van der Waals surface area contributed by atoms with Crippen molar-refractivity contribution in [2.75, 3.05) is 18.4 Å². The minimum absolute atomic E-state index is 0.0566. The molecule has 3 N–H and O–H groups in total. The molecule has 0 radical (unpaired) electrons. The van der Waals surface area contributed by atoms with E-state index in [0.717, 1.165) is 5.56 Å². The van der Waals surface area contributed by atoms with Gasteiger partial charge < -0.3 is 16.0 Å². The lowest BCUT2D eigenvalue weighted by Gasteiger charge is -2.13. The van der Waals surface area contributed by atoms with Gasteiger partial charge in [0.15, 0.2) is 0 Å². The van der Waals surface area contributed by atoms with Crippen LogP contribution in [0.25, 0.3) is 0 Å². The monoisotopic (exact) mass is 407 g/mol. The second-order valence-corrected chi connectivity index (χ2v) is 6.27. The van der Waals surface area contributed by atoms with Gasteiger partial charge in [0.2, 0.25) is 5.91 Å². The number of para-hydroxylation sites is 1. The van der Waals surface area contributed by atoms with Crippen LogP contribution < -0.4 is 16.0 Å². The van der Waals surface area contributed by atoms with E-state index in [1.165, 1.54) is 24.3 Å². The summed E-state index contributed by atoms with van der Waals surface area (Å²) in [5.74, 6) is -1.77. The number of hydrogen-bond donors (Lipinski definition) is 3. The van der Waals surface area contributed by atoms with Gasteiger partial charge in [-0.25, -0.2) is 0 Å². The summed E-state index contributed by atoms with van der Waals surface area (Å²) in [5.41, 5.74) is 1.39. The van der Waals surface area contributed by atoms with Crippen LogP contribution in [-0.2, 0) is 4.79 Å². The average molecular weight is 407 g/mol. The second kappa shape index (κ2) is 9.72. The van der Waals surface area contributed by atoms with Gasteiger partial charge in [-0.2, -0.15) is 13.2 Å². The highest BCUT2D eigenvalue weighted by atomic mass is 19.4. The van der Waals surface area contributed by atoms with Gasteiger partial charge in [-0.05, 0) is 31.2 Å². The van der Waals surface area contributed by atoms with Crippen LogP contribution in [0.15, 0.2) is 48.5 Å². The number of alkyl halides is 3. The predicted molar refractivity (Wildman–Crippen MR) is 102 cm³/mol. The smallest absolute Gasteiger partial charge is 0.352 e. The first kappa shape index (κ1) is 21.9. The zero-order chi connectivity index (χ0) is 21.4. The zero-order valence-electron chi connectivity index (χ0n) is 15.6. The van der Waals surface area contributed by atoms with Gasteiger partial charge in [-0.15, -0.1) is 0 Å². The van der Waals surface area contributed by atoms with Crippen molar-refractivity contribution in [1.29, 1.82) is 0 Å². The van der Waals surface area contributed by atoms with Crippen LogP contribution >= 0.6 is 0 Å². The van der Waals surface area contributed by atoms with Crippen molar-refractivity contribution >= 4 is 23.4 Å². The molecule has 0 heterocycles. The largest absolute Gasteiger partial charge is 0.405 e. The highest BCUT2D eigenvalue weighted by Gasteiger charge is 2.28. The van der Waals surface area contributed by atoms with Crippen LogP contribution in [0, 0.1) is 6.92 Å². The number of amides is 3. The summed E-state index contributed by atoms with van der Waals surface area (Å²) in [6.07, 6.45) is -4.61. The summed E-state index contributed by atoms with van der Waals surface area (Å²) >= 11 is 0. The molecule has 2 aromatic carbocycles. The van der Waals surface area contributed by atoms with Gasteiger partial charge in [0.05, 0.1) is 11.3 Å². The van der Waals surface area contributed by atoms with Gasteiger partial charge in [-0.3, -0.25) is 14.4 Å². The third-order valence-corrected chi connectivity index (χ3v) is 3.81. The molecule has 0 atom stereocenters. The molecule has 9 heteroatoms. The first-order chi connectivity index (χ1) is 13.7. The molecule has 0 unspecified atom stereocenters. The first-order valence-electron chi connectivity index (χ1n) is 8.74. The van der Waals surface area contributed by atoms with Gasteiger partial charge in [-0.1, -0.05) is 29.8 Å². The molecule has 0 aliphatic carbocycles. The Kier molecular flexibility index (Phi) is 7.35. The van der Waals surface area contributed by atoms with Crippen LogP contribution in [-0.4, -0.2) is 37.0 Å². The molecule has 0 fully saturated rings. The fourth-order valence-electron chi connectivity index (χ4n) is 2.46. The number of halogens is 3. The van der Waals surface area contributed by atoms with E-state index in [1.807, 2.05) is 13.0 Å². The van der Waals surface area contributed by atoms with Crippen LogP contribution in [0.2, 0.25) is 0 Å². The molecule has 0 aromatic heterocycles. The lowest BCUT2D eigenvalue weighted by molar-refractivity contribution is -0.123. The van der Waals surface area contributed by atoms with Gasteiger partial charge in [0, 0.05) is 18.5 Å². The summed E-state index contributed by atoms with van der Waals surface area (Å²) in [6.45, 7) is 0.437. The van der Waals surface area contributed by atoms with E-state index in [2.05, 4.69) is 10.6 Å². The minimum atomic E-state index is -4.54. The highest BCUT2D eigenvalue weighted by Crippen LogP contribution is 2.17. The molecule has 3 amide bonds. The lowest BCUT2D eigenvalue weighted by Crippen LogP contribution is -2.34. The number of hydrogen-bond acceptors (Lipinski definition) is 3. The minimum Gasteiger partial charge on any atom is -0.352 e. The van der Waals surface area contributed by atoms with Crippen molar-refractivity contribution < 1.29 is 27.6 Å². The van der Waals surface area contributed by atoms with Crippen molar-refractivity contribution in [2.45, 2.75) is 19.5 Å². The van der Waals surface area contributed by atoms with E-state index in [1.54, 1.807) is 23.5 Å². The molecule has 2 aromatic rings. The number of nitrogens with one attached hydrogen (secondary N) is 3. The Hall–Kier alpha value is -3.36. The number of carbonyl (C=O) groups is 3. The topological polar surface area (TPSA) is 87.3 Å². The van der Waals surface area contributed by atoms with Gasteiger partial charge >= 0.3 is 6.18 Å². The molecule has 6 nitrogen and oxygen atoms in total. The quantitative estimate of drug-likeness (QED) is 0.659. The molecule has 0 saturated heterocycles. The molecule has 154 valence electrons. The van der Waals surface area contributed by atoms with E-state index in [0.29, 0.717) is 5.56 Å². The first-order valence-corrected chi connectivity index (χ1v) is 8.74. The Labute approximate surface area is 165 Å². The fourth-order valence-corrected chi connectivity index (χ4v) is 2.46. The fraction of sp³-hybridized carbons (Fsp3) is 0.250. The summed E-state index contributed by atoms with van der Waals surface area (Å²) in [7, 11) is 0. The average Bonchev–Trinajstić information content (AvgIpc) is 2.66. The third-order valence-electron chi connectivity index (χ3n) is 3.81. The standard InChI is InChI=1S/C20H20F3N3O3/c1-13-5-4-6-14(11-13)18(28)24-10-9-17(27)26-16-8-3-2-7-15(16)19(29)25-12-20(21,22)23/h2-8,11H,9-10,12H2,1H3,(H,24,28)(H,25,29)(H,26,27). The number of aryl methyl sites for hydroxylation is 1. The van der Waals surface area contributed by atoms with Gasteiger partial charge in [0.25, 0.3) is 11.8 Å². The predicted octanol–water partition coefficient (Wildman–Crippen LogP) is 3.05. The number of anilines is 1. The SMILES string of the molecule is Cc1cccc(C(=O)NCCC(=O)Nc2ccccc2C(=O)NCC(F)(F)F)c1. The summed E-state index contributed by atoms with van der Waals surface area (Å²) in [6, 6.07) is 12.7. The zero-order valence-corrected chi connectivity index (χ0v) is 15.6. The van der Waals surface area contributed by atoms with Crippen LogP contribution in [0.4, 0.5) is 18.9 Å². The van der Waals surface area contributed by atoms with E-state index >= 15 is 0 Å². The second-order valence-electron chi connectivity index (χ2n) is 6.27. The van der Waals surface area contributed by atoms with Crippen molar-refractivity contribution in [3.8, 4) is 0 Å². The Morgan fingerprint density at radius 2 is 1.66 bits per heavy atom. The molecule has 0 aliphatic heterocycles. The van der Waals surface area contributed by atoms with Crippen molar-refractivity contribution in [3.05, 3.63) is 65.2 Å². The normalized spacial score (nSPS) is 10.9. The molecular weight excluding hydrogens is 387 g/mol. The summed E-state index contributed by atoms with van der Waals surface area (Å²) < 4.78 is 36.8. The Balaban J connectivity index is 1.89. The Morgan fingerprint density at radius 3 is 2.34 bits per heavy atom. The number of rotatable bonds is 7. The Bertz CT molecular complexity index is 898. The van der Waals surface area contributed by atoms with Crippen LogP contribution in [0.5, 0.6) is 0 Å². The van der Waals surface area contributed by atoms with E-state index in [4.69, 9.17) is 0 Å². The van der Waals surface area contributed by atoms with E-state index in [9.17, 15) is 27.6 Å². The van der Waals surface area contributed by atoms with Crippen molar-refractivity contribution in [2.24, 2.45) is 0 Å². The van der Waals surface area contributed by atoms with E-state index < -0.39 is 24.5 Å². The summed E-state index contributed by atoms with van der Waals surface area (Å²) in [5, 5.41) is 6.85. The Morgan fingerprint density at radius 1 is 0.931 bits per heavy atom. The molecular formula is C20H20F3N3O3. The molecule has 0 saturated carbocycles. The molecule has 0 spiro atoms. The van der Waals surface area contributed by atoms with Gasteiger partial charge in [0.1, 0.15) is 6.54 Å². The molecule has 0 bridgehead atoms. The highest BCUT2D eigenvalue weighted by molar-refractivity contribution is 6.04. The number of carbonyl (C=O) groups excluding carboxylic acids is 3. The molecule has 29 heavy (non-hydrogen) atoms. The maximum Gasteiger partial charge on any atom is 0.405 e. The van der Waals surface area contributed by atoms with Crippen LogP contribution in [0.3, 0.4) is 0 Å². The molecule has 2 rings (SSSR count).